The van der Waals surface area contributed by atoms with Gasteiger partial charge >= 0.3 is 6.09 Å². The van der Waals surface area contributed by atoms with Gasteiger partial charge in [0.2, 0.25) is 5.91 Å². The van der Waals surface area contributed by atoms with Crippen LogP contribution in [-0.4, -0.2) is 68.6 Å². The summed E-state index contributed by atoms with van der Waals surface area (Å²) in [5.74, 6) is -0.270. The van der Waals surface area contributed by atoms with E-state index in [0.717, 1.165) is 11.3 Å². The van der Waals surface area contributed by atoms with Crippen molar-refractivity contribution in [2.45, 2.75) is 25.2 Å². The van der Waals surface area contributed by atoms with Gasteiger partial charge in [-0.3, -0.25) is 14.9 Å². The van der Waals surface area contributed by atoms with Crippen molar-refractivity contribution in [1.82, 2.24) is 4.90 Å². The molecule has 2 aliphatic heterocycles. The summed E-state index contributed by atoms with van der Waals surface area (Å²) >= 11 is 5.87. The van der Waals surface area contributed by atoms with E-state index in [1.54, 1.807) is 36.3 Å². The SMILES string of the molecule is CO[C@H]1C[C@@H](OC(=O)Nc2ccc(Cl)cc2)N(C(=O)Cc2ccc(N3CCOCC3=O)cc2)C1. The van der Waals surface area contributed by atoms with Crippen molar-refractivity contribution in [2.75, 3.05) is 43.6 Å². The second-order valence-electron chi connectivity index (χ2n) is 8.07. The lowest BCUT2D eigenvalue weighted by Crippen LogP contribution is -2.41. The number of carbonyl (C=O) groups excluding carboxylic acids is 3. The molecule has 2 aromatic rings. The standard InChI is InChI=1S/C24H26ClN3O6/c1-32-20-13-23(34-24(31)26-18-6-4-17(25)5-7-18)28(14-20)21(29)12-16-2-8-19(9-3-16)27-10-11-33-15-22(27)30/h2-9,20,23H,10-15H2,1H3,(H,26,31)/t20-,23+/m0/s1. The first-order chi connectivity index (χ1) is 16.4. The van der Waals surface area contributed by atoms with Crippen molar-refractivity contribution in [2.24, 2.45) is 0 Å². The van der Waals surface area contributed by atoms with Crippen molar-refractivity contribution in [1.29, 1.82) is 0 Å². The van der Waals surface area contributed by atoms with Crippen LogP contribution in [0.25, 0.3) is 0 Å². The Balaban J connectivity index is 1.37. The highest BCUT2D eigenvalue weighted by molar-refractivity contribution is 6.30. The molecule has 1 N–H and O–H groups in total. The largest absolute Gasteiger partial charge is 0.425 e. The van der Waals surface area contributed by atoms with Crippen LogP contribution in [0, 0.1) is 0 Å². The zero-order valence-corrected chi connectivity index (χ0v) is 19.5. The Morgan fingerprint density at radius 1 is 1.15 bits per heavy atom. The zero-order chi connectivity index (χ0) is 24.1. The van der Waals surface area contributed by atoms with Crippen LogP contribution in [-0.2, 0) is 30.2 Å². The maximum atomic E-state index is 13.1. The highest BCUT2D eigenvalue weighted by atomic mass is 35.5. The smallest absolute Gasteiger partial charge is 0.413 e. The van der Waals surface area contributed by atoms with Crippen molar-refractivity contribution < 1.29 is 28.6 Å². The number of carbonyl (C=O) groups is 3. The molecule has 0 spiro atoms. The molecule has 2 aliphatic rings. The summed E-state index contributed by atoms with van der Waals surface area (Å²) in [6.45, 7) is 1.40. The molecule has 0 saturated carbocycles. The average Bonchev–Trinajstić information content (AvgIpc) is 3.24. The fourth-order valence-electron chi connectivity index (χ4n) is 3.97. The molecule has 0 unspecified atom stereocenters. The van der Waals surface area contributed by atoms with E-state index in [1.165, 1.54) is 4.90 Å². The summed E-state index contributed by atoms with van der Waals surface area (Å²) in [5, 5.41) is 3.19. The number of nitrogens with zero attached hydrogens (tertiary/aromatic N) is 2. The van der Waals surface area contributed by atoms with Gasteiger partial charge in [0.05, 0.1) is 25.7 Å². The predicted octanol–water partition coefficient (Wildman–Crippen LogP) is 3.07. The van der Waals surface area contributed by atoms with Gasteiger partial charge in [-0.1, -0.05) is 23.7 Å². The van der Waals surface area contributed by atoms with Crippen LogP contribution in [0.1, 0.15) is 12.0 Å². The van der Waals surface area contributed by atoms with Gasteiger partial charge in [-0.2, -0.15) is 0 Å². The highest BCUT2D eigenvalue weighted by Gasteiger charge is 2.38. The number of nitrogens with one attached hydrogen (secondary N) is 1. The molecule has 2 fully saturated rings. The van der Waals surface area contributed by atoms with Crippen LogP contribution in [0.5, 0.6) is 0 Å². The van der Waals surface area contributed by atoms with Crippen molar-refractivity contribution in [3.8, 4) is 0 Å². The van der Waals surface area contributed by atoms with E-state index >= 15 is 0 Å². The Morgan fingerprint density at radius 2 is 1.88 bits per heavy atom. The molecule has 0 bridgehead atoms. The van der Waals surface area contributed by atoms with Gasteiger partial charge < -0.3 is 24.0 Å². The van der Waals surface area contributed by atoms with E-state index < -0.39 is 12.3 Å². The number of likely N-dealkylation sites (tertiary alicyclic amines) is 1. The molecule has 0 aliphatic carbocycles. The summed E-state index contributed by atoms with van der Waals surface area (Å²) in [6, 6.07) is 13.9. The Hall–Kier alpha value is -3.14. The molecule has 4 rings (SSSR count). The minimum atomic E-state index is -0.741. The fraction of sp³-hybridized carbons (Fsp3) is 0.375. The zero-order valence-electron chi connectivity index (χ0n) is 18.7. The Labute approximate surface area is 202 Å². The van der Waals surface area contributed by atoms with Crippen LogP contribution in [0.4, 0.5) is 16.2 Å². The second-order valence-corrected chi connectivity index (χ2v) is 8.51. The number of benzene rings is 2. The molecule has 9 nitrogen and oxygen atoms in total. The molecule has 2 heterocycles. The number of anilines is 2. The van der Waals surface area contributed by atoms with Gasteiger partial charge in [-0.05, 0) is 42.0 Å². The van der Waals surface area contributed by atoms with Gasteiger partial charge in [-0.15, -0.1) is 0 Å². The number of morpholine rings is 1. The lowest BCUT2D eigenvalue weighted by atomic mass is 10.1. The second kappa shape index (κ2) is 10.9. The summed E-state index contributed by atoms with van der Waals surface area (Å²) in [4.78, 5) is 40.7. The average molecular weight is 488 g/mol. The molecule has 10 heteroatoms. The third-order valence-corrected chi connectivity index (χ3v) is 6.04. The summed E-state index contributed by atoms with van der Waals surface area (Å²) < 4.78 is 16.1. The number of amides is 3. The summed E-state index contributed by atoms with van der Waals surface area (Å²) in [6.07, 6.45) is -1.12. The van der Waals surface area contributed by atoms with Crippen LogP contribution in [0.15, 0.2) is 48.5 Å². The molecule has 34 heavy (non-hydrogen) atoms. The van der Waals surface area contributed by atoms with E-state index in [2.05, 4.69) is 5.32 Å². The molecule has 0 radical (unpaired) electrons. The molecule has 180 valence electrons. The van der Waals surface area contributed by atoms with Crippen LogP contribution >= 0.6 is 11.6 Å². The maximum absolute atomic E-state index is 13.1. The number of methoxy groups -OCH3 is 1. The van der Waals surface area contributed by atoms with E-state index in [1.807, 2.05) is 24.3 Å². The lowest BCUT2D eigenvalue weighted by Gasteiger charge is -2.27. The third-order valence-electron chi connectivity index (χ3n) is 5.79. The Kier molecular flexibility index (Phi) is 7.66. The van der Waals surface area contributed by atoms with E-state index in [-0.39, 0.29) is 30.9 Å². The van der Waals surface area contributed by atoms with Crippen molar-refractivity contribution in [3.63, 3.8) is 0 Å². The Bertz CT molecular complexity index is 1030. The van der Waals surface area contributed by atoms with Crippen molar-refractivity contribution in [3.05, 3.63) is 59.1 Å². The van der Waals surface area contributed by atoms with Crippen molar-refractivity contribution >= 4 is 40.9 Å². The van der Waals surface area contributed by atoms with E-state index in [0.29, 0.717) is 36.8 Å². The lowest BCUT2D eigenvalue weighted by molar-refractivity contribution is -0.137. The normalized spacial score (nSPS) is 20.4. The summed E-state index contributed by atoms with van der Waals surface area (Å²) in [7, 11) is 1.56. The molecule has 3 amide bonds. The quantitative estimate of drug-likeness (QED) is 0.672. The van der Waals surface area contributed by atoms with Gasteiger partial charge in [0, 0.05) is 36.5 Å². The van der Waals surface area contributed by atoms with Crippen LogP contribution in [0.2, 0.25) is 5.02 Å². The number of hydrogen-bond acceptors (Lipinski definition) is 6. The number of hydrogen-bond donors (Lipinski definition) is 1. The molecular weight excluding hydrogens is 462 g/mol. The molecule has 2 aromatic carbocycles. The summed E-state index contributed by atoms with van der Waals surface area (Å²) in [5.41, 5.74) is 2.09. The molecular formula is C24H26ClN3O6. The van der Waals surface area contributed by atoms with Crippen LogP contribution in [0.3, 0.4) is 0 Å². The molecule has 0 aromatic heterocycles. The number of ether oxygens (including phenoxy) is 3. The first-order valence-corrected chi connectivity index (χ1v) is 11.3. The monoisotopic (exact) mass is 487 g/mol. The predicted molar refractivity (Wildman–Crippen MR) is 126 cm³/mol. The maximum Gasteiger partial charge on any atom is 0.413 e. The minimum absolute atomic E-state index is 0.0723. The number of halogens is 1. The fourth-order valence-corrected chi connectivity index (χ4v) is 4.10. The first-order valence-electron chi connectivity index (χ1n) is 11.0. The van der Waals surface area contributed by atoms with Gasteiger partial charge in [0.25, 0.3) is 5.91 Å². The van der Waals surface area contributed by atoms with E-state index in [9.17, 15) is 14.4 Å². The third kappa shape index (κ3) is 5.85. The molecule has 2 saturated heterocycles. The Morgan fingerprint density at radius 3 is 2.56 bits per heavy atom. The first kappa shape index (κ1) is 24.0. The van der Waals surface area contributed by atoms with E-state index in [4.69, 9.17) is 25.8 Å². The topological polar surface area (TPSA) is 97.4 Å². The van der Waals surface area contributed by atoms with Crippen LogP contribution < -0.4 is 10.2 Å². The number of rotatable bonds is 6. The minimum Gasteiger partial charge on any atom is -0.425 e. The highest BCUT2D eigenvalue weighted by Crippen LogP contribution is 2.24. The van der Waals surface area contributed by atoms with Gasteiger partial charge in [0.15, 0.2) is 6.23 Å². The van der Waals surface area contributed by atoms with Gasteiger partial charge in [0.1, 0.15) is 6.61 Å². The van der Waals surface area contributed by atoms with Gasteiger partial charge in [-0.25, -0.2) is 4.79 Å². The molecule has 2 atom stereocenters.